The van der Waals surface area contributed by atoms with Gasteiger partial charge in [0.2, 0.25) is 10.0 Å². The van der Waals surface area contributed by atoms with Crippen LogP contribution in [0.4, 0.5) is 4.39 Å². The Bertz CT molecular complexity index is 1300. The zero-order valence-electron chi connectivity index (χ0n) is 18.7. The van der Waals surface area contributed by atoms with Gasteiger partial charge in [-0.15, -0.1) is 0 Å². The third kappa shape index (κ3) is 4.80. The zero-order chi connectivity index (χ0) is 24.0. The second-order valence-corrected chi connectivity index (χ2v) is 11.1. The van der Waals surface area contributed by atoms with Crippen molar-refractivity contribution >= 4 is 27.4 Å². The van der Waals surface area contributed by atoms with E-state index in [0.29, 0.717) is 28.3 Å². The zero-order valence-corrected chi connectivity index (χ0v) is 20.2. The number of primary sulfonamides is 1. The molecular formula is C24H26ClFN2O3S. The summed E-state index contributed by atoms with van der Waals surface area (Å²) in [5.74, 6) is -1.04. The van der Waals surface area contributed by atoms with E-state index in [0.717, 1.165) is 29.0 Å². The average Bonchev–Trinajstić information content (AvgIpc) is 2.90. The number of benzene rings is 2. The van der Waals surface area contributed by atoms with Crippen LogP contribution in [0.25, 0.3) is 22.5 Å². The fraction of sp³-hybridized carbons (Fsp3) is 0.292. The molecule has 0 atom stereocenters. The van der Waals surface area contributed by atoms with Crippen molar-refractivity contribution in [2.75, 3.05) is 0 Å². The molecule has 32 heavy (non-hydrogen) atoms. The molecule has 0 unspecified atom stereocenters. The van der Waals surface area contributed by atoms with Crippen LogP contribution in [0.5, 0.6) is 0 Å². The summed E-state index contributed by atoms with van der Waals surface area (Å²) >= 11 is 6.04. The molecule has 0 saturated heterocycles. The van der Waals surface area contributed by atoms with Crippen molar-refractivity contribution in [2.45, 2.75) is 39.0 Å². The molecule has 0 bridgehead atoms. The predicted molar refractivity (Wildman–Crippen MR) is 126 cm³/mol. The second-order valence-electron chi connectivity index (χ2n) is 9.11. The SMILES string of the molecule is Cc1c(C(=O)CC(C)(C)C)c(-c2ccc(S(N)(=O)=O)c(F)c2)n(C)c1-c1ccc(Cl)cc1. The lowest BCUT2D eigenvalue weighted by Crippen LogP contribution is -2.15. The molecule has 8 heteroatoms. The van der Waals surface area contributed by atoms with Gasteiger partial charge in [0.1, 0.15) is 10.7 Å². The molecule has 5 nitrogen and oxygen atoms in total. The number of carbonyl (C=O) groups excluding carboxylic acids is 1. The highest BCUT2D eigenvalue weighted by Crippen LogP contribution is 2.39. The van der Waals surface area contributed by atoms with E-state index >= 15 is 0 Å². The van der Waals surface area contributed by atoms with Gasteiger partial charge in [-0.25, -0.2) is 17.9 Å². The Balaban J connectivity index is 2.31. The van der Waals surface area contributed by atoms with Gasteiger partial charge in [-0.2, -0.15) is 0 Å². The minimum Gasteiger partial charge on any atom is -0.343 e. The summed E-state index contributed by atoms with van der Waals surface area (Å²) in [7, 11) is -2.41. The van der Waals surface area contributed by atoms with Gasteiger partial charge in [0.15, 0.2) is 5.78 Å². The maximum Gasteiger partial charge on any atom is 0.240 e. The molecule has 0 radical (unpaired) electrons. The molecule has 0 fully saturated rings. The van der Waals surface area contributed by atoms with E-state index in [-0.39, 0.29) is 11.2 Å². The molecule has 0 spiro atoms. The normalized spacial score (nSPS) is 12.2. The third-order valence-electron chi connectivity index (χ3n) is 5.24. The van der Waals surface area contributed by atoms with Crippen LogP contribution >= 0.6 is 11.6 Å². The number of nitrogens with zero attached hydrogens (tertiary/aromatic N) is 1. The van der Waals surface area contributed by atoms with Crippen LogP contribution in [0.3, 0.4) is 0 Å². The van der Waals surface area contributed by atoms with Gasteiger partial charge in [0.25, 0.3) is 0 Å². The lowest BCUT2D eigenvalue weighted by Gasteiger charge is -2.18. The molecule has 0 saturated carbocycles. The maximum absolute atomic E-state index is 14.7. The largest absolute Gasteiger partial charge is 0.343 e. The van der Waals surface area contributed by atoms with Crippen molar-refractivity contribution in [2.24, 2.45) is 17.6 Å². The van der Waals surface area contributed by atoms with E-state index in [1.807, 2.05) is 44.4 Å². The van der Waals surface area contributed by atoms with Gasteiger partial charge in [-0.05, 0) is 47.7 Å². The lowest BCUT2D eigenvalue weighted by atomic mass is 9.86. The van der Waals surface area contributed by atoms with Crippen LogP contribution in [0.2, 0.25) is 5.02 Å². The number of hydrogen-bond donors (Lipinski definition) is 1. The summed E-state index contributed by atoms with van der Waals surface area (Å²) in [5, 5.41) is 5.69. The van der Waals surface area contributed by atoms with E-state index < -0.39 is 20.7 Å². The van der Waals surface area contributed by atoms with Gasteiger partial charge in [0, 0.05) is 29.6 Å². The minimum absolute atomic E-state index is 0.0725. The van der Waals surface area contributed by atoms with E-state index in [1.165, 1.54) is 6.07 Å². The molecule has 0 amide bonds. The lowest BCUT2D eigenvalue weighted by molar-refractivity contribution is 0.0940. The molecule has 1 aromatic heterocycles. The molecular weight excluding hydrogens is 451 g/mol. The Kier molecular flexibility index (Phi) is 6.39. The number of sulfonamides is 1. The topological polar surface area (TPSA) is 82.2 Å². The Labute approximate surface area is 193 Å². The highest BCUT2D eigenvalue weighted by atomic mass is 35.5. The summed E-state index contributed by atoms with van der Waals surface area (Å²) in [6, 6.07) is 10.9. The van der Waals surface area contributed by atoms with Crippen molar-refractivity contribution in [1.29, 1.82) is 0 Å². The van der Waals surface area contributed by atoms with Gasteiger partial charge < -0.3 is 4.57 Å². The van der Waals surface area contributed by atoms with E-state index in [4.69, 9.17) is 16.7 Å². The quantitative estimate of drug-likeness (QED) is 0.477. The van der Waals surface area contributed by atoms with Crippen molar-refractivity contribution in [1.82, 2.24) is 4.57 Å². The van der Waals surface area contributed by atoms with Crippen molar-refractivity contribution in [3.8, 4) is 22.5 Å². The number of rotatable bonds is 5. The standard InChI is InChI=1S/C24H26ClFN2O3S/c1-14-21(19(29)13-24(2,3)4)23(16-8-11-20(18(26)12-16)32(27,30)31)28(5)22(14)15-6-9-17(25)10-7-15/h6-12H,13H2,1-5H3,(H2,27,30,31). The van der Waals surface area contributed by atoms with Crippen molar-refractivity contribution in [3.63, 3.8) is 0 Å². The number of aromatic nitrogens is 1. The molecule has 0 aliphatic heterocycles. The average molecular weight is 477 g/mol. The van der Waals surface area contributed by atoms with E-state index in [2.05, 4.69) is 0 Å². The van der Waals surface area contributed by atoms with E-state index in [1.54, 1.807) is 19.2 Å². The Morgan fingerprint density at radius 3 is 2.12 bits per heavy atom. The Hall–Kier alpha value is -2.48. The number of nitrogens with two attached hydrogens (primary N) is 1. The van der Waals surface area contributed by atoms with Crippen LogP contribution in [-0.2, 0) is 17.1 Å². The first kappa shape index (κ1) is 24.2. The smallest absolute Gasteiger partial charge is 0.240 e. The van der Waals surface area contributed by atoms with Gasteiger partial charge >= 0.3 is 0 Å². The summed E-state index contributed by atoms with van der Waals surface area (Å²) in [6.45, 7) is 7.79. The Morgan fingerprint density at radius 1 is 1.06 bits per heavy atom. The fourth-order valence-corrected chi connectivity index (χ4v) is 4.69. The van der Waals surface area contributed by atoms with Gasteiger partial charge in [-0.3, -0.25) is 4.79 Å². The van der Waals surface area contributed by atoms with Crippen LogP contribution < -0.4 is 5.14 Å². The molecule has 2 aromatic carbocycles. The van der Waals surface area contributed by atoms with E-state index in [9.17, 15) is 17.6 Å². The number of halogens is 2. The first-order chi connectivity index (χ1) is 14.7. The van der Waals surface area contributed by atoms with Crippen molar-refractivity contribution in [3.05, 3.63) is 64.4 Å². The van der Waals surface area contributed by atoms with Crippen LogP contribution in [0.1, 0.15) is 43.1 Å². The van der Waals surface area contributed by atoms with Crippen molar-refractivity contribution < 1.29 is 17.6 Å². The minimum atomic E-state index is -4.20. The molecule has 3 aromatic rings. The number of carbonyl (C=O) groups is 1. The van der Waals surface area contributed by atoms with Crippen LogP contribution in [0.15, 0.2) is 47.4 Å². The van der Waals surface area contributed by atoms with Crippen LogP contribution in [0, 0.1) is 18.2 Å². The summed E-state index contributed by atoms with van der Waals surface area (Å²) in [5.41, 5.74) is 3.54. The monoisotopic (exact) mass is 476 g/mol. The van der Waals surface area contributed by atoms with Gasteiger partial charge in [-0.1, -0.05) is 50.6 Å². The summed E-state index contributed by atoms with van der Waals surface area (Å²) < 4.78 is 39.8. The highest BCUT2D eigenvalue weighted by molar-refractivity contribution is 7.89. The Morgan fingerprint density at radius 2 is 1.62 bits per heavy atom. The highest BCUT2D eigenvalue weighted by Gasteiger charge is 2.28. The molecule has 3 rings (SSSR count). The third-order valence-corrected chi connectivity index (χ3v) is 6.43. The summed E-state index contributed by atoms with van der Waals surface area (Å²) in [4.78, 5) is 12.8. The second kappa shape index (κ2) is 8.46. The van der Waals surface area contributed by atoms with Crippen LogP contribution in [-0.4, -0.2) is 18.8 Å². The summed E-state index contributed by atoms with van der Waals surface area (Å²) in [6.07, 6.45) is 0.294. The molecule has 1 heterocycles. The van der Waals surface area contributed by atoms with Gasteiger partial charge in [0.05, 0.1) is 11.4 Å². The first-order valence-electron chi connectivity index (χ1n) is 10.0. The number of ketones is 1. The molecule has 2 N–H and O–H groups in total. The fourth-order valence-electron chi connectivity index (χ4n) is 3.97. The molecule has 0 aliphatic rings. The molecule has 0 aliphatic carbocycles. The predicted octanol–water partition coefficient (Wildman–Crippen LogP) is 5.73. The maximum atomic E-state index is 14.7. The first-order valence-corrected chi connectivity index (χ1v) is 11.9. The number of hydrogen-bond acceptors (Lipinski definition) is 3. The molecule has 170 valence electrons. The number of Topliss-reactive ketones (excluding diaryl/α,β-unsaturated/α-hetero) is 1.